The highest BCUT2D eigenvalue weighted by Gasteiger charge is 2.39. The van der Waals surface area contributed by atoms with Crippen LogP contribution in [0.25, 0.3) is 0 Å². The molecule has 3 rings (SSSR count). The van der Waals surface area contributed by atoms with E-state index in [0.29, 0.717) is 5.69 Å². The Morgan fingerprint density at radius 1 is 1.13 bits per heavy atom. The van der Waals surface area contributed by atoms with E-state index >= 15 is 0 Å². The number of cyclic esters (lactones) is 2. The van der Waals surface area contributed by atoms with E-state index in [1.54, 1.807) is 0 Å². The molecule has 158 valence electrons. The lowest BCUT2D eigenvalue weighted by atomic mass is 10.2. The standard InChI is InChI=1S/C19H14ClF3N2O5/c1-18(2)29-16(26)11(17(27)30-18)9-24-10-6-7-13(12(20)8-10)28-15-5-3-4-14(25-15)19(21,22)23/h3-9,24H,1-2H3. The van der Waals surface area contributed by atoms with E-state index in [4.69, 9.17) is 25.8 Å². The second kappa shape index (κ2) is 7.86. The van der Waals surface area contributed by atoms with Crippen molar-refractivity contribution >= 4 is 29.2 Å². The molecule has 0 saturated carbocycles. The van der Waals surface area contributed by atoms with Crippen LogP contribution < -0.4 is 10.1 Å². The summed E-state index contributed by atoms with van der Waals surface area (Å²) in [6.07, 6.45) is -3.51. The number of hydrogen-bond acceptors (Lipinski definition) is 7. The summed E-state index contributed by atoms with van der Waals surface area (Å²) in [5.41, 5.74) is -1.09. The van der Waals surface area contributed by atoms with E-state index in [1.807, 2.05) is 0 Å². The van der Waals surface area contributed by atoms with Gasteiger partial charge < -0.3 is 19.5 Å². The van der Waals surface area contributed by atoms with Crippen molar-refractivity contribution in [2.24, 2.45) is 0 Å². The molecule has 7 nitrogen and oxygen atoms in total. The molecule has 0 amide bonds. The van der Waals surface area contributed by atoms with Crippen LogP contribution in [0.15, 0.2) is 48.2 Å². The van der Waals surface area contributed by atoms with E-state index in [1.165, 1.54) is 38.1 Å². The van der Waals surface area contributed by atoms with Crippen LogP contribution in [-0.2, 0) is 25.2 Å². The fraction of sp³-hybridized carbons (Fsp3) is 0.211. The van der Waals surface area contributed by atoms with Gasteiger partial charge in [0.05, 0.1) is 5.02 Å². The molecule has 1 fully saturated rings. The number of hydrogen-bond donors (Lipinski definition) is 1. The third-order valence-electron chi connectivity index (χ3n) is 3.66. The topological polar surface area (TPSA) is 86.8 Å². The molecule has 1 aromatic heterocycles. The fourth-order valence-electron chi connectivity index (χ4n) is 2.35. The number of nitrogens with one attached hydrogen (secondary N) is 1. The van der Waals surface area contributed by atoms with Crippen molar-refractivity contribution in [3.8, 4) is 11.6 Å². The van der Waals surface area contributed by atoms with Crippen molar-refractivity contribution in [1.82, 2.24) is 4.98 Å². The van der Waals surface area contributed by atoms with Crippen LogP contribution in [0, 0.1) is 0 Å². The van der Waals surface area contributed by atoms with Gasteiger partial charge in [0.25, 0.3) is 5.79 Å². The average molecular weight is 443 g/mol. The second-order valence-electron chi connectivity index (χ2n) is 6.49. The van der Waals surface area contributed by atoms with E-state index in [0.717, 1.165) is 18.3 Å². The van der Waals surface area contributed by atoms with Gasteiger partial charge in [-0.05, 0) is 24.3 Å². The predicted molar refractivity (Wildman–Crippen MR) is 98.7 cm³/mol. The van der Waals surface area contributed by atoms with E-state index < -0.39 is 29.6 Å². The number of alkyl halides is 3. The molecule has 2 aromatic rings. The molecule has 2 heterocycles. The molecule has 1 aliphatic rings. The van der Waals surface area contributed by atoms with Crippen LogP contribution in [0.2, 0.25) is 5.02 Å². The molecule has 11 heteroatoms. The van der Waals surface area contributed by atoms with E-state index in [2.05, 4.69) is 10.3 Å². The monoisotopic (exact) mass is 442 g/mol. The summed E-state index contributed by atoms with van der Waals surface area (Å²) >= 11 is 6.11. The Labute approximate surface area is 173 Å². The average Bonchev–Trinajstić information content (AvgIpc) is 2.62. The van der Waals surface area contributed by atoms with Gasteiger partial charge in [-0.25, -0.2) is 14.6 Å². The molecule has 1 N–H and O–H groups in total. The number of benzene rings is 1. The van der Waals surface area contributed by atoms with Gasteiger partial charge in [-0.15, -0.1) is 0 Å². The van der Waals surface area contributed by atoms with Gasteiger partial charge in [-0.1, -0.05) is 17.7 Å². The molecule has 1 aromatic carbocycles. The summed E-state index contributed by atoms with van der Waals surface area (Å²) in [6, 6.07) is 7.46. The normalized spacial score (nSPS) is 15.9. The van der Waals surface area contributed by atoms with Gasteiger partial charge in [0.2, 0.25) is 5.88 Å². The Morgan fingerprint density at radius 2 is 1.80 bits per heavy atom. The van der Waals surface area contributed by atoms with Crippen LogP contribution in [0.5, 0.6) is 11.6 Å². The van der Waals surface area contributed by atoms with Crippen molar-refractivity contribution in [2.75, 3.05) is 5.32 Å². The van der Waals surface area contributed by atoms with Crippen molar-refractivity contribution in [1.29, 1.82) is 0 Å². The number of anilines is 1. The van der Waals surface area contributed by atoms with Crippen LogP contribution in [0.1, 0.15) is 19.5 Å². The minimum absolute atomic E-state index is 0.0487. The number of carbonyl (C=O) groups is 2. The first kappa shape index (κ1) is 21.4. The number of nitrogens with zero attached hydrogens (tertiary/aromatic N) is 1. The van der Waals surface area contributed by atoms with Crippen LogP contribution in [-0.4, -0.2) is 22.7 Å². The van der Waals surface area contributed by atoms with Crippen molar-refractivity contribution in [2.45, 2.75) is 25.8 Å². The SMILES string of the molecule is CC1(C)OC(=O)C(=CNc2ccc(Oc3cccc(C(F)(F)F)n3)c(Cl)c2)C(=O)O1. The lowest BCUT2D eigenvalue weighted by Crippen LogP contribution is -2.42. The van der Waals surface area contributed by atoms with Gasteiger partial charge in [-0.2, -0.15) is 13.2 Å². The number of carbonyl (C=O) groups excluding carboxylic acids is 2. The lowest BCUT2D eigenvalue weighted by molar-refractivity contribution is -0.222. The highest BCUT2D eigenvalue weighted by atomic mass is 35.5. The van der Waals surface area contributed by atoms with Crippen LogP contribution in [0.3, 0.4) is 0 Å². The molecule has 0 radical (unpaired) electrons. The van der Waals surface area contributed by atoms with Crippen LogP contribution in [0.4, 0.5) is 18.9 Å². The first-order valence-corrected chi connectivity index (χ1v) is 8.77. The Kier molecular flexibility index (Phi) is 5.62. The van der Waals surface area contributed by atoms with Gasteiger partial charge in [-0.3, -0.25) is 0 Å². The van der Waals surface area contributed by atoms with Crippen molar-refractivity contribution in [3.63, 3.8) is 0 Å². The summed E-state index contributed by atoms with van der Waals surface area (Å²) in [5, 5.41) is 2.74. The molecule has 0 unspecified atom stereocenters. The summed E-state index contributed by atoms with van der Waals surface area (Å²) in [6.45, 7) is 2.84. The zero-order chi connectivity index (χ0) is 22.1. The molecule has 0 bridgehead atoms. The number of esters is 2. The second-order valence-corrected chi connectivity index (χ2v) is 6.89. The lowest BCUT2D eigenvalue weighted by Gasteiger charge is -2.29. The Bertz CT molecular complexity index is 1020. The first-order valence-electron chi connectivity index (χ1n) is 8.40. The molecule has 1 aliphatic heterocycles. The maximum absolute atomic E-state index is 12.8. The number of ether oxygens (including phenoxy) is 3. The number of pyridine rings is 1. The maximum Gasteiger partial charge on any atom is 0.433 e. The smallest absolute Gasteiger partial charge is 0.433 e. The molecule has 0 aliphatic carbocycles. The van der Waals surface area contributed by atoms with E-state index in [-0.39, 0.29) is 22.2 Å². The zero-order valence-electron chi connectivity index (χ0n) is 15.5. The molecular formula is C19H14ClF3N2O5. The predicted octanol–water partition coefficient (Wildman–Crippen LogP) is 4.68. The van der Waals surface area contributed by atoms with Crippen LogP contribution >= 0.6 is 11.6 Å². The Hall–Kier alpha value is -3.27. The summed E-state index contributed by atoms with van der Waals surface area (Å²) in [4.78, 5) is 27.2. The third kappa shape index (κ3) is 5.01. The molecule has 30 heavy (non-hydrogen) atoms. The molecule has 1 saturated heterocycles. The van der Waals surface area contributed by atoms with Gasteiger partial charge in [0.1, 0.15) is 11.4 Å². The maximum atomic E-state index is 12.8. The number of rotatable bonds is 4. The fourth-order valence-corrected chi connectivity index (χ4v) is 2.57. The quantitative estimate of drug-likeness (QED) is 0.418. The zero-order valence-corrected chi connectivity index (χ0v) is 16.3. The van der Waals surface area contributed by atoms with Gasteiger partial charge >= 0.3 is 18.1 Å². The molecule has 0 spiro atoms. The number of aromatic nitrogens is 1. The number of halogens is 4. The Morgan fingerprint density at radius 3 is 2.40 bits per heavy atom. The highest BCUT2D eigenvalue weighted by Crippen LogP contribution is 2.33. The van der Waals surface area contributed by atoms with E-state index in [9.17, 15) is 22.8 Å². The highest BCUT2D eigenvalue weighted by molar-refractivity contribution is 6.32. The summed E-state index contributed by atoms with van der Waals surface area (Å²) < 4.78 is 53.5. The Balaban J connectivity index is 1.73. The van der Waals surface area contributed by atoms with Gasteiger partial charge in [0, 0.05) is 31.8 Å². The first-order chi connectivity index (χ1) is 13.9. The molecular weight excluding hydrogens is 429 g/mol. The van der Waals surface area contributed by atoms with Crippen molar-refractivity contribution in [3.05, 3.63) is 58.9 Å². The minimum atomic E-state index is -4.61. The third-order valence-corrected chi connectivity index (χ3v) is 3.96. The summed E-state index contributed by atoms with van der Waals surface area (Å²) in [5.74, 6) is -3.30. The van der Waals surface area contributed by atoms with Gasteiger partial charge in [0.15, 0.2) is 5.57 Å². The largest absolute Gasteiger partial charge is 0.437 e. The minimum Gasteiger partial charge on any atom is -0.437 e. The summed E-state index contributed by atoms with van der Waals surface area (Å²) in [7, 11) is 0. The molecule has 0 atom stereocenters. The van der Waals surface area contributed by atoms with Crippen molar-refractivity contribution < 1.29 is 37.0 Å².